The van der Waals surface area contributed by atoms with Gasteiger partial charge in [-0.3, -0.25) is 0 Å². The predicted octanol–water partition coefficient (Wildman–Crippen LogP) is 6.66. The maximum Gasteiger partial charge on any atom is 0.0314 e. The van der Waals surface area contributed by atoms with Crippen molar-refractivity contribution in [1.29, 1.82) is 0 Å². The summed E-state index contributed by atoms with van der Waals surface area (Å²) in [5, 5.41) is 2.17. The van der Waals surface area contributed by atoms with Gasteiger partial charge in [-0.05, 0) is 70.8 Å². The molecular formula is C16H24BrClS. The molecule has 1 fully saturated rings. The number of alkyl halides is 1. The number of hydrogen-bond acceptors (Lipinski definition) is 1. The van der Waals surface area contributed by atoms with E-state index < -0.39 is 0 Å². The van der Waals surface area contributed by atoms with E-state index in [2.05, 4.69) is 34.3 Å². The number of unbranched alkanes of at least 4 members (excludes halogenated alkanes) is 1. The monoisotopic (exact) mass is 362 g/mol. The van der Waals surface area contributed by atoms with Crippen molar-refractivity contribution in [3.05, 3.63) is 20.8 Å². The van der Waals surface area contributed by atoms with Crippen LogP contribution < -0.4 is 0 Å². The molecule has 108 valence electrons. The summed E-state index contributed by atoms with van der Waals surface area (Å²) in [5.41, 5.74) is 0.359. The number of thiophene rings is 1. The first kappa shape index (κ1) is 15.9. The van der Waals surface area contributed by atoms with Gasteiger partial charge in [0.25, 0.3) is 0 Å². The van der Waals surface area contributed by atoms with Crippen molar-refractivity contribution >= 4 is 38.9 Å². The van der Waals surface area contributed by atoms with Crippen LogP contribution in [-0.2, 0) is 6.42 Å². The summed E-state index contributed by atoms with van der Waals surface area (Å²) < 4.78 is 1.27. The van der Waals surface area contributed by atoms with Gasteiger partial charge < -0.3 is 0 Å². The molecule has 0 atom stereocenters. The van der Waals surface area contributed by atoms with Gasteiger partial charge in [0, 0.05) is 15.2 Å². The standard InChI is InChI=1S/C16H24BrClS/c1-2-3-4-13-5-8-16(12-18,9-6-13)11-15-14(17)7-10-19-15/h7,10,13H,2-6,8-9,11-12H2,1H3. The SMILES string of the molecule is CCCCC1CCC(CCl)(Cc2sccc2Br)CC1. The Morgan fingerprint density at radius 2 is 2.16 bits per heavy atom. The van der Waals surface area contributed by atoms with Crippen LogP contribution in [0.4, 0.5) is 0 Å². The summed E-state index contributed by atoms with van der Waals surface area (Å²) in [6.45, 7) is 2.29. The van der Waals surface area contributed by atoms with Crippen molar-refractivity contribution < 1.29 is 0 Å². The Morgan fingerprint density at radius 1 is 1.42 bits per heavy atom. The third-order valence-corrected chi connectivity index (χ3v) is 7.14. The normalized spacial score (nSPS) is 27.6. The largest absolute Gasteiger partial charge is 0.148 e. The first-order valence-electron chi connectivity index (χ1n) is 7.47. The highest BCUT2D eigenvalue weighted by molar-refractivity contribution is 9.10. The van der Waals surface area contributed by atoms with Crippen LogP contribution >= 0.6 is 38.9 Å². The van der Waals surface area contributed by atoms with E-state index in [1.54, 1.807) is 0 Å². The van der Waals surface area contributed by atoms with Crippen LogP contribution in [0.5, 0.6) is 0 Å². The molecule has 1 aromatic rings. The predicted molar refractivity (Wildman–Crippen MR) is 90.4 cm³/mol. The second-order valence-electron chi connectivity index (χ2n) is 6.09. The molecule has 1 aliphatic rings. The zero-order chi connectivity index (χ0) is 13.7. The summed E-state index contributed by atoms with van der Waals surface area (Å²) in [7, 11) is 0. The van der Waals surface area contributed by atoms with Crippen molar-refractivity contribution in [2.24, 2.45) is 11.3 Å². The molecule has 1 heterocycles. The Balaban J connectivity index is 1.92. The van der Waals surface area contributed by atoms with E-state index >= 15 is 0 Å². The average Bonchev–Trinajstić information content (AvgIpc) is 2.83. The molecule has 0 spiro atoms. The first-order chi connectivity index (χ1) is 9.19. The van der Waals surface area contributed by atoms with Gasteiger partial charge in [-0.1, -0.05) is 26.2 Å². The minimum Gasteiger partial charge on any atom is -0.148 e. The van der Waals surface area contributed by atoms with Crippen LogP contribution in [0.15, 0.2) is 15.9 Å². The highest BCUT2D eigenvalue weighted by atomic mass is 79.9. The smallest absolute Gasteiger partial charge is 0.0314 e. The van der Waals surface area contributed by atoms with Gasteiger partial charge in [0.05, 0.1) is 0 Å². The lowest BCUT2D eigenvalue weighted by Gasteiger charge is -2.39. The fourth-order valence-corrected chi connectivity index (χ4v) is 5.25. The van der Waals surface area contributed by atoms with Crippen molar-refractivity contribution in [1.82, 2.24) is 0 Å². The quantitative estimate of drug-likeness (QED) is 0.496. The summed E-state index contributed by atoms with van der Waals surface area (Å²) in [4.78, 5) is 1.48. The van der Waals surface area contributed by atoms with Crippen molar-refractivity contribution in [2.45, 2.75) is 58.3 Å². The maximum absolute atomic E-state index is 6.35. The van der Waals surface area contributed by atoms with Gasteiger partial charge in [-0.15, -0.1) is 22.9 Å². The van der Waals surface area contributed by atoms with Crippen LogP contribution in [0.25, 0.3) is 0 Å². The molecule has 1 aliphatic carbocycles. The molecule has 0 nitrogen and oxygen atoms in total. The van der Waals surface area contributed by atoms with Crippen LogP contribution in [0.3, 0.4) is 0 Å². The van der Waals surface area contributed by atoms with Crippen molar-refractivity contribution in [3.63, 3.8) is 0 Å². The fraction of sp³-hybridized carbons (Fsp3) is 0.750. The molecule has 0 amide bonds. The van der Waals surface area contributed by atoms with Crippen LogP contribution in [-0.4, -0.2) is 5.88 Å². The number of rotatable bonds is 6. The topological polar surface area (TPSA) is 0 Å². The Kier molecular flexibility index (Phi) is 6.23. The molecule has 2 rings (SSSR count). The lowest BCUT2D eigenvalue weighted by Crippen LogP contribution is -2.31. The third-order valence-electron chi connectivity index (χ3n) is 4.64. The molecular weight excluding hydrogens is 340 g/mol. The number of hydrogen-bond donors (Lipinski definition) is 0. The van der Waals surface area contributed by atoms with E-state index in [0.717, 1.165) is 18.2 Å². The lowest BCUT2D eigenvalue weighted by atomic mass is 9.68. The van der Waals surface area contributed by atoms with Crippen LogP contribution in [0.1, 0.15) is 56.7 Å². The summed E-state index contributed by atoms with van der Waals surface area (Å²) in [6.07, 6.45) is 10.7. The van der Waals surface area contributed by atoms with E-state index in [-0.39, 0.29) is 0 Å². The third kappa shape index (κ3) is 4.22. The first-order valence-corrected chi connectivity index (χ1v) is 9.67. The minimum atomic E-state index is 0.359. The molecule has 0 radical (unpaired) electrons. The summed E-state index contributed by atoms with van der Waals surface area (Å²) in [5.74, 6) is 1.78. The van der Waals surface area contributed by atoms with Gasteiger partial charge in [0.15, 0.2) is 0 Å². The Labute approximate surface area is 135 Å². The van der Waals surface area contributed by atoms with Gasteiger partial charge in [0.2, 0.25) is 0 Å². The van der Waals surface area contributed by atoms with Crippen molar-refractivity contribution in [3.8, 4) is 0 Å². The summed E-state index contributed by atoms with van der Waals surface area (Å²) >= 11 is 11.9. The molecule has 0 aliphatic heterocycles. The average molecular weight is 364 g/mol. The minimum absolute atomic E-state index is 0.359. The second-order valence-corrected chi connectivity index (χ2v) is 8.21. The lowest BCUT2D eigenvalue weighted by molar-refractivity contribution is 0.167. The van der Waals surface area contributed by atoms with E-state index in [9.17, 15) is 0 Å². The van der Waals surface area contributed by atoms with E-state index in [4.69, 9.17) is 11.6 Å². The molecule has 0 N–H and O–H groups in total. The zero-order valence-electron chi connectivity index (χ0n) is 11.8. The van der Waals surface area contributed by atoms with Gasteiger partial charge >= 0.3 is 0 Å². The molecule has 3 heteroatoms. The van der Waals surface area contributed by atoms with Gasteiger partial charge in [0.1, 0.15) is 0 Å². The summed E-state index contributed by atoms with van der Waals surface area (Å²) in [6, 6.07) is 2.16. The van der Waals surface area contributed by atoms with E-state index in [0.29, 0.717) is 5.41 Å². The molecule has 19 heavy (non-hydrogen) atoms. The molecule has 0 saturated heterocycles. The van der Waals surface area contributed by atoms with Gasteiger partial charge in [-0.25, -0.2) is 0 Å². The Bertz CT molecular complexity index is 380. The molecule has 0 unspecified atom stereocenters. The fourth-order valence-electron chi connectivity index (χ4n) is 3.22. The van der Waals surface area contributed by atoms with E-state index in [1.807, 2.05) is 11.3 Å². The molecule has 1 aromatic heterocycles. The molecule has 0 aromatic carbocycles. The number of halogens is 2. The van der Waals surface area contributed by atoms with Crippen LogP contribution in [0, 0.1) is 11.3 Å². The highest BCUT2D eigenvalue weighted by Crippen LogP contribution is 2.45. The maximum atomic E-state index is 6.35. The highest BCUT2D eigenvalue weighted by Gasteiger charge is 2.35. The zero-order valence-corrected chi connectivity index (χ0v) is 14.9. The molecule has 1 saturated carbocycles. The van der Waals surface area contributed by atoms with E-state index in [1.165, 1.54) is 54.3 Å². The Hall–Kier alpha value is 0.470. The molecule has 0 bridgehead atoms. The van der Waals surface area contributed by atoms with Gasteiger partial charge in [-0.2, -0.15) is 0 Å². The van der Waals surface area contributed by atoms with Crippen LogP contribution in [0.2, 0.25) is 0 Å². The van der Waals surface area contributed by atoms with Crippen molar-refractivity contribution in [2.75, 3.05) is 5.88 Å². The second kappa shape index (κ2) is 7.47. The Morgan fingerprint density at radius 3 is 2.68 bits per heavy atom.